The lowest BCUT2D eigenvalue weighted by atomic mass is 9.88. The van der Waals surface area contributed by atoms with Crippen molar-refractivity contribution in [1.82, 2.24) is 29.8 Å². The van der Waals surface area contributed by atoms with Crippen LogP contribution in [0.3, 0.4) is 0 Å². The van der Waals surface area contributed by atoms with Crippen LogP contribution in [-0.4, -0.2) is 199 Å². The second-order valence-corrected chi connectivity index (χ2v) is 28.7. The number of fused-ring (bicyclic) bond motifs is 6. The maximum Gasteiger partial charge on any atom is 0.501 e. The summed E-state index contributed by atoms with van der Waals surface area (Å²) in [6.07, 6.45) is -3.73. The molecule has 6 atom stereocenters. The van der Waals surface area contributed by atoms with E-state index in [1.807, 2.05) is 47.7 Å². The van der Waals surface area contributed by atoms with Gasteiger partial charge in [-0.25, -0.2) is 0 Å². The summed E-state index contributed by atoms with van der Waals surface area (Å²) in [7, 11) is -2.26. The number of alkyl halides is 1. The third-order valence-corrected chi connectivity index (χ3v) is 17.5. The van der Waals surface area contributed by atoms with Crippen LogP contribution in [-0.2, 0) is 47.2 Å². The van der Waals surface area contributed by atoms with E-state index in [0.29, 0.717) is 85.1 Å². The Morgan fingerprint density at radius 2 is 1.45 bits per heavy atom. The molecule has 0 saturated carbocycles. The molecule has 1 fully saturated rings. The van der Waals surface area contributed by atoms with Crippen LogP contribution >= 0.6 is 11.6 Å². The number of aromatic nitrogens is 4. The predicted molar refractivity (Wildman–Crippen MR) is 339 cm³/mol. The maximum absolute atomic E-state index is 14.7. The minimum Gasteiger partial charge on any atom is -0.497 e. The second kappa shape index (κ2) is 27.0. The molecule has 0 radical (unpaired) electrons. The molecule has 4 amide bonds. The number of carbonyl (C=O) groups excluding carboxylic acids is 4. The van der Waals surface area contributed by atoms with Crippen LogP contribution in [0.1, 0.15) is 93.4 Å². The normalized spacial score (nSPS) is 20.2. The van der Waals surface area contributed by atoms with Crippen molar-refractivity contribution in [3.05, 3.63) is 102 Å². The number of rotatable bonds is 27. The lowest BCUT2D eigenvalue weighted by Gasteiger charge is -2.39. The molecule has 28 heteroatoms. The number of aliphatic hydroxyl groups excluding tert-OH is 4. The Morgan fingerprint density at radius 3 is 2.15 bits per heavy atom. The zero-order chi connectivity index (χ0) is 67.1. The van der Waals surface area contributed by atoms with Crippen molar-refractivity contribution in [2.45, 2.75) is 105 Å². The number of imide groups is 1. The van der Waals surface area contributed by atoms with Crippen LogP contribution in [0.15, 0.2) is 79.0 Å². The molecular weight excluding hydrogens is 1250 g/mol. The van der Waals surface area contributed by atoms with Crippen LogP contribution in [0.25, 0.3) is 21.7 Å². The van der Waals surface area contributed by atoms with Crippen LogP contribution in [0.4, 0.5) is 5.69 Å². The smallest absolute Gasteiger partial charge is 0.497 e. The van der Waals surface area contributed by atoms with Crippen molar-refractivity contribution >= 4 is 73.0 Å². The lowest BCUT2D eigenvalue weighted by Crippen LogP contribution is -2.60. The standard InChI is InChI=1S/C65H80ClN7O19S/c1-62(2,33-85-36-65(7,8)32-73-52(75)17-18-53(73)76)25-39-28-71(69-68-39)31-64(5,6)35-86-34-63(3,4)30-70(9)59(80)37-11-15-47(89-61-57(79)56(78)55(77)51(29-74)90-61)50(21-37)92-93(82,83)91-49-24-46-54(42-22-40(84-10)12-13-41(42)49)38(26-66)27-72(46)60(81)45-23-43-44(67-45)14-16-48-58(43)88-20-19-87-48/h11-18,21-24,28,38,51,55-57,61,67,74,77-79H,19-20,25-27,29-36H2,1-10H3/t38-,51-,55+,56+,57-,61-/m1/s1. The molecule has 4 aliphatic rings. The fourth-order valence-corrected chi connectivity index (χ4v) is 13.0. The van der Waals surface area contributed by atoms with Gasteiger partial charge in [0.2, 0.25) is 6.29 Å². The van der Waals surface area contributed by atoms with E-state index in [1.54, 1.807) is 48.1 Å². The van der Waals surface area contributed by atoms with Gasteiger partial charge in [0.15, 0.2) is 28.7 Å². The van der Waals surface area contributed by atoms with E-state index in [-0.39, 0.29) is 77.4 Å². The topological polar surface area (TPSA) is 323 Å². The number of hydrogen-bond donors (Lipinski definition) is 5. The van der Waals surface area contributed by atoms with Crippen molar-refractivity contribution in [2.75, 3.05) is 90.8 Å². The Morgan fingerprint density at radius 1 is 0.774 bits per heavy atom. The number of carbonyl (C=O) groups is 4. The van der Waals surface area contributed by atoms with Gasteiger partial charge in [0.05, 0.1) is 57.0 Å². The highest BCUT2D eigenvalue weighted by atomic mass is 35.5. The maximum atomic E-state index is 14.7. The quantitative estimate of drug-likeness (QED) is 0.0294. The third-order valence-electron chi connectivity index (χ3n) is 16.4. The van der Waals surface area contributed by atoms with Gasteiger partial charge in [-0.1, -0.05) is 60.6 Å². The highest BCUT2D eigenvalue weighted by Gasteiger charge is 2.46. The summed E-state index contributed by atoms with van der Waals surface area (Å²) >= 11 is 6.64. The fraction of sp³-hybridized carbons (Fsp3) is 0.508. The van der Waals surface area contributed by atoms with Gasteiger partial charge in [0.25, 0.3) is 23.6 Å². The van der Waals surface area contributed by atoms with Gasteiger partial charge in [-0.05, 0) is 71.0 Å². The summed E-state index contributed by atoms with van der Waals surface area (Å²) < 4.78 is 83.8. The predicted octanol–water partition coefficient (Wildman–Crippen LogP) is 5.93. The molecule has 6 heterocycles. The first-order chi connectivity index (χ1) is 43.9. The molecule has 10 rings (SSSR count). The first-order valence-corrected chi connectivity index (χ1v) is 32.3. The Kier molecular flexibility index (Phi) is 19.8. The van der Waals surface area contributed by atoms with Gasteiger partial charge in [-0.3, -0.25) is 28.8 Å². The molecular formula is C65H80ClN7O19S. The first-order valence-electron chi connectivity index (χ1n) is 30.4. The number of methoxy groups -OCH3 is 1. The molecule has 0 spiro atoms. The van der Waals surface area contributed by atoms with E-state index in [9.17, 15) is 48.0 Å². The van der Waals surface area contributed by atoms with Crippen molar-refractivity contribution in [3.63, 3.8) is 0 Å². The molecule has 1 saturated heterocycles. The van der Waals surface area contributed by atoms with Crippen molar-refractivity contribution in [1.29, 1.82) is 0 Å². The number of aromatic amines is 1. The number of halogens is 1. The number of nitrogens with one attached hydrogen (secondary N) is 1. The Balaban J connectivity index is 0.828. The molecule has 2 aromatic heterocycles. The molecule has 5 N–H and O–H groups in total. The average molecular weight is 1330 g/mol. The fourth-order valence-electron chi connectivity index (χ4n) is 12.0. The molecule has 93 heavy (non-hydrogen) atoms. The highest BCUT2D eigenvalue weighted by Crippen LogP contribution is 2.48. The van der Waals surface area contributed by atoms with Crippen LogP contribution < -0.4 is 32.2 Å². The van der Waals surface area contributed by atoms with Gasteiger partial charge in [-0.15, -0.1) is 25.1 Å². The van der Waals surface area contributed by atoms with Gasteiger partial charge in [0, 0.05) is 108 Å². The number of amides is 4. The molecule has 26 nitrogen and oxygen atoms in total. The Bertz CT molecular complexity index is 3920. The summed E-state index contributed by atoms with van der Waals surface area (Å²) in [5, 5.41) is 52.3. The number of benzene rings is 4. The SMILES string of the molecule is COc1ccc2c(OS(=O)(=O)Oc3cc(C(=O)N(C)CC(C)(C)COCC(C)(C)Cn4cc(CC(C)(C)COCC(C)(C)CN5C(=O)C=CC5=O)nn4)ccc3O[C@@H]3O[C@H](CO)[C@H](O)[C@H](O)[C@H]3O)cc3c(c2c1)[C@H](CCl)CN3C(=O)c1cc2c3c(ccc2[nH]1)OCCO3. The van der Waals surface area contributed by atoms with Crippen LogP contribution in [0, 0.1) is 21.7 Å². The Labute approximate surface area is 543 Å². The minimum absolute atomic E-state index is 0.0752. The third kappa shape index (κ3) is 15.5. The van der Waals surface area contributed by atoms with E-state index in [4.69, 9.17) is 53.1 Å². The van der Waals surface area contributed by atoms with Gasteiger partial charge in [-0.2, -0.15) is 0 Å². The van der Waals surface area contributed by atoms with Crippen molar-refractivity contribution in [3.8, 4) is 34.5 Å². The molecule has 0 bridgehead atoms. The number of hydrogen-bond acceptors (Lipinski definition) is 21. The summed E-state index contributed by atoms with van der Waals surface area (Å²) in [5.41, 5.74) is 0.590. The number of aliphatic hydroxyl groups is 4. The monoisotopic (exact) mass is 1330 g/mol. The zero-order valence-corrected chi connectivity index (χ0v) is 55.1. The van der Waals surface area contributed by atoms with Gasteiger partial charge in [0.1, 0.15) is 49.1 Å². The summed E-state index contributed by atoms with van der Waals surface area (Å²) in [6.45, 7) is 18.1. The second-order valence-electron chi connectivity index (χ2n) is 27.3. The highest BCUT2D eigenvalue weighted by molar-refractivity contribution is 7.82. The number of nitrogens with zero attached hydrogens (tertiary/aromatic N) is 6. The molecule has 4 aliphatic heterocycles. The minimum atomic E-state index is -5.29. The lowest BCUT2D eigenvalue weighted by molar-refractivity contribution is -0.277. The molecule has 0 unspecified atom stereocenters. The largest absolute Gasteiger partial charge is 0.501 e. The average Bonchev–Trinajstić information content (AvgIpc) is 1.63. The van der Waals surface area contributed by atoms with Crippen molar-refractivity contribution in [2.24, 2.45) is 21.7 Å². The molecule has 4 aromatic carbocycles. The molecule has 502 valence electrons. The number of ether oxygens (including phenoxy) is 7. The zero-order valence-electron chi connectivity index (χ0n) is 53.5. The van der Waals surface area contributed by atoms with E-state index >= 15 is 0 Å². The van der Waals surface area contributed by atoms with Gasteiger partial charge < -0.3 is 76.7 Å². The summed E-state index contributed by atoms with van der Waals surface area (Å²) in [4.78, 5) is 60.7. The van der Waals surface area contributed by atoms with E-state index in [1.165, 1.54) is 52.2 Å². The molecule has 0 aliphatic carbocycles. The van der Waals surface area contributed by atoms with E-state index in [0.717, 1.165) is 11.8 Å². The molecule has 6 aromatic rings. The number of anilines is 1. The van der Waals surface area contributed by atoms with Gasteiger partial charge >= 0.3 is 10.4 Å². The first kappa shape index (κ1) is 68.3. The number of H-pyrrole nitrogens is 1. The van der Waals surface area contributed by atoms with Crippen LogP contribution in [0.5, 0.6) is 34.5 Å². The summed E-state index contributed by atoms with van der Waals surface area (Å²) in [6, 6.07) is 15.1. The van der Waals surface area contributed by atoms with Crippen molar-refractivity contribution < 1.29 is 89.5 Å². The van der Waals surface area contributed by atoms with E-state index < -0.39 is 93.2 Å². The van der Waals surface area contributed by atoms with E-state index in [2.05, 4.69) is 29.1 Å². The Hall–Kier alpha value is -7.60. The summed E-state index contributed by atoms with van der Waals surface area (Å²) in [5.74, 6) is -1.97. The van der Waals surface area contributed by atoms with Crippen LogP contribution in [0.2, 0.25) is 0 Å².